The molecule has 1 amide bonds. The van der Waals surface area contributed by atoms with Gasteiger partial charge < -0.3 is 20.5 Å². The van der Waals surface area contributed by atoms with Crippen LogP contribution in [0.3, 0.4) is 0 Å². The van der Waals surface area contributed by atoms with Crippen molar-refractivity contribution >= 4 is 17.3 Å². The highest BCUT2D eigenvalue weighted by Gasteiger charge is 2.37. The van der Waals surface area contributed by atoms with Crippen molar-refractivity contribution < 1.29 is 27.8 Å². The van der Waals surface area contributed by atoms with Gasteiger partial charge in [-0.25, -0.2) is 0 Å². The lowest BCUT2D eigenvalue weighted by Crippen LogP contribution is -2.41. The molecule has 1 heterocycles. The molecule has 3 N–H and O–H groups in total. The number of anilines is 2. The zero-order chi connectivity index (χ0) is 21.5. The van der Waals surface area contributed by atoms with Crippen molar-refractivity contribution in [1.29, 1.82) is 0 Å². The van der Waals surface area contributed by atoms with Gasteiger partial charge in [0.25, 0.3) is 5.91 Å². The second-order valence-corrected chi connectivity index (χ2v) is 7.91. The highest BCUT2D eigenvalue weighted by molar-refractivity contribution is 5.96. The molecule has 4 rings (SSSR count). The van der Waals surface area contributed by atoms with Gasteiger partial charge in [0, 0.05) is 6.07 Å². The summed E-state index contributed by atoms with van der Waals surface area (Å²) in [6, 6.07) is 7.37. The van der Waals surface area contributed by atoms with E-state index in [1.807, 2.05) is 19.1 Å². The number of carbonyl (C=O) groups excluding carboxylic acids is 1. The van der Waals surface area contributed by atoms with Gasteiger partial charge in [0.15, 0.2) is 6.10 Å². The van der Waals surface area contributed by atoms with Gasteiger partial charge in [0.05, 0.1) is 23.5 Å². The minimum absolute atomic E-state index is 0.0957. The quantitative estimate of drug-likeness (QED) is 0.639. The van der Waals surface area contributed by atoms with Gasteiger partial charge in [0.2, 0.25) is 0 Å². The highest BCUT2D eigenvalue weighted by Crippen LogP contribution is 2.44. The SMILES string of the molecule is Cc1ccc2c(c1)NC[C@H](C(=O)Nc1cc(O)c(C3CCCC3)cc1C(F)(F)F)O2. The number of nitrogens with one attached hydrogen (secondary N) is 2. The molecular formula is C22H23F3N2O3. The molecule has 5 nitrogen and oxygen atoms in total. The number of alkyl halides is 3. The number of carbonyl (C=O) groups is 1. The van der Waals surface area contributed by atoms with Crippen molar-refractivity contribution in [1.82, 2.24) is 0 Å². The van der Waals surface area contributed by atoms with Crippen molar-refractivity contribution in [2.24, 2.45) is 0 Å². The van der Waals surface area contributed by atoms with Crippen LogP contribution in [0.4, 0.5) is 24.5 Å². The van der Waals surface area contributed by atoms with Crippen molar-refractivity contribution in [3.63, 3.8) is 0 Å². The molecule has 0 saturated heterocycles. The summed E-state index contributed by atoms with van der Waals surface area (Å²) in [4.78, 5) is 12.7. The van der Waals surface area contributed by atoms with Gasteiger partial charge in [-0.1, -0.05) is 18.9 Å². The number of aromatic hydroxyl groups is 1. The maximum atomic E-state index is 13.7. The van der Waals surface area contributed by atoms with Gasteiger partial charge in [-0.3, -0.25) is 4.79 Å². The first kappa shape index (κ1) is 20.4. The predicted octanol–water partition coefficient (Wildman–Crippen LogP) is 5.19. The Labute approximate surface area is 172 Å². The van der Waals surface area contributed by atoms with Crippen LogP contribution < -0.4 is 15.4 Å². The fraction of sp³-hybridized carbons (Fsp3) is 0.409. The van der Waals surface area contributed by atoms with Gasteiger partial charge in [-0.15, -0.1) is 0 Å². The number of halogens is 3. The number of hydrogen-bond donors (Lipinski definition) is 3. The van der Waals surface area contributed by atoms with Crippen LogP contribution in [0.1, 0.15) is 48.3 Å². The van der Waals surface area contributed by atoms with Crippen LogP contribution in [-0.2, 0) is 11.0 Å². The molecule has 160 valence electrons. The van der Waals surface area contributed by atoms with Crippen LogP contribution in [0.25, 0.3) is 0 Å². The zero-order valence-electron chi connectivity index (χ0n) is 16.5. The van der Waals surface area contributed by atoms with E-state index in [2.05, 4.69) is 10.6 Å². The third kappa shape index (κ3) is 4.04. The van der Waals surface area contributed by atoms with E-state index < -0.39 is 29.4 Å². The molecular weight excluding hydrogens is 397 g/mol. The molecule has 1 aliphatic heterocycles. The molecule has 0 aromatic heterocycles. The fourth-order valence-electron chi connectivity index (χ4n) is 4.15. The van der Waals surface area contributed by atoms with E-state index >= 15 is 0 Å². The molecule has 0 unspecified atom stereocenters. The average molecular weight is 420 g/mol. The second kappa shape index (κ2) is 7.74. The fourth-order valence-corrected chi connectivity index (χ4v) is 4.15. The molecule has 30 heavy (non-hydrogen) atoms. The normalized spacial score (nSPS) is 19.0. The van der Waals surface area contributed by atoms with Crippen molar-refractivity contribution in [2.75, 3.05) is 17.2 Å². The first-order valence-corrected chi connectivity index (χ1v) is 9.98. The Morgan fingerprint density at radius 2 is 1.93 bits per heavy atom. The number of benzene rings is 2. The Kier molecular flexibility index (Phi) is 5.26. The summed E-state index contributed by atoms with van der Waals surface area (Å²) < 4.78 is 46.8. The summed E-state index contributed by atoms with van der Waals surface area (Å²) in [5, 5.41) is 15.7. The smallest absolute Gasteiger partial charge is 0.418 e. The maximum Gasteiger partial charge on any atom is 0.418 e. The minimum Gasteiger partial charge on any atom is -0.508 e. The lowest BCUT2D eigenvalue weighted by Gasteiger charge is -2.27. The summed E-state index contributed by atoms with van der Waals surface area (Å²) in [7, 11) is 0. The van der Waals surface area contributed by atoms with Crippen molar-refractivity contribution in [3.05, 3.63) is 47.0 Å². The van der Waals surface area contributed by atoms with Crippen LogP contribution in [0, 0.1) is 6.92 Å². The monoisotopic (exact) mass is 420 g/mol. The number of fused-ring (bicyclic) bond motifs is 1. The van der Waals surface area contributed by atoms with Crippen LogP contribution in [0.2, 0.25) is 0 Å². The van der Waals surface area contributed by atoms with E-state index in [9.17, 15) is 23.1 Å². The summed E-state index contributed by atoms with van der Waals surface area (Å²) in [5.74, 6) is -0.579. The Balaban J connectivity index is 1.58. The van der Waals surface area contributed by atoms with Crippen molar-refractivity contribution in [3.8, 4) is 11.5 Å². The topological polar surface area (TPSA) is 70.6 Å². The Morgan fingerprint density at radius 3 is 2.63 bits per heavy atom. The Morgan fingerprint density at radius 1 is 1.20 bits per heavy atom. The van der Waals surface area contributed by atoms with E-state index in [0.29, 0.717) is 5.75 Å². The highest BCUT2D eigenvalue weighted by atomic mass is 19.4. The third-order valence-electron chi connectivity index (χ3n) is 5.70. The number of aryl methyl sites for hydroxylation is 1. The van der Waals surface area contributed by atoms with E-state index in [4.69, 9.17) is 4.74 Å². The molecule has 0 radical (unpaired) electrons. The summed E-state index contributed by atoms with van der Waals surface area (Å²) in [6.45, 7) is 2.04. The van der Waals surface area contributed by atoms with Crippen LogP contribution in [-0.4, -0.2) is 23.7 Å². The largest absolute Gasteiger partial charge is 0.508 e. The molecule has 1 atom stereocenters. The zero-order valence-corrected chi connectivity index (χ0v) is 16.5. The summed E-state index contributed by atoms with van der Waals surface area (Å²) >= 11 is 0. The molecule has 1 saturated carbocycles. The third-order valence-corrected chi connectivity index (χ3v) is 5.70. The Bertz CT molecular complexity index is 969. The lowest BCUT2D eigenvalue weighted by atomic mass is 9.94. The van der Waals surface area contributed by atoms with Crippen LogP contribution in [0.15, 0.2) is 30.3 Å². The molecule has 1 fully saturated rings. The number of hydrogen-bond acceptors (Lipinski definition) is 4. The molecule has 1 aliphatic carbocycles. The predicted molar refractivity (Wildman–Crippen MR) is 107 cm³/mol. The standard InChI is InChI=1S/C22H23F3N2O3/c1-12-6-7-19-17(8-12)26-11-20(30-19)21(29)27-16-10-18(28)14(13-4-2-3-5-13)9-15(16)22(23,24)25/h6-10,13,20,26,28H,2-5,11H2,1H3,(H,27,29)/t20-/m1/s1. The molecule has 0 bridgehead atoms. The number of amides is 1. The number of ether oxygens (including phenoxy) is 1. The van der Waals surface area contributed by atoms with Crippen molar-refractivity contribution in [2.45, 2.75) is 50.8 Å². The molecule has 2 aliphatic rings. The maximum absolute atomic E-state index is 13.7. The van der Waals surface area contributed by atoms with Gasteiger partial charge in [-0.05, 0) is 55.0 Å². The lowest BCUT2D eigenvalue weighted by molar-refractivity contribution is -0.137. The van der Waals surface area contributed by atoms with E-state index in [1.54, 1.807) is 6.07 Å². The molecule has 2 aromatic carbocycles. The van der Waals surface area contributed by atoms with Crippen LogP contribution in [0.5, 0.6) is 11.5 Å². The number of phenolic OH excluding ortho intramolecular Hbond substituents is 1. The molecule has 8 heteroatoms. The first-order valence-electron chi connectivity index (χ1n) is 9.98. The Hall–Kier alpha value is -2.90. The van der Waals surface area contributed by atoms with E-state index in [0.717, 1.165) is 49.1 Å². The summed E-state index contributed by atoms with van der Waals surface area (Å²) in [6.07, 6.45) is -2.32. The van der Waals surface area contributed by atoms with E-state index in [1.165, 1.54) is 0 Å². The first-order chi connectivity index (χ1) is 14.2. The molecule has 2 aromatic rings. The van der Waals surface area contributed by atoms with Crippen LogP contribution >= 0.6 is 0 Å². The molecule has 0 spiro atoms. The average Bonchev–Trinajstić information content (AvgIpc) is 3.21. The van der Waals surface area contributed by atoms with Gasteiger partial charge in [0.1, 0.15) is 11.5 Å². The van der Waals surface area contributed by atoms with E-state index in [-0.39, 0.29) is 23.8 Å². The second-order valence-electron chi connectivity index (χ2n) is 7.91. The summed E-state index contributed by atoms with van der Waals surface area (Å²) in [5.41, 5.74) is 0.604. The van der Waals surface area contributed by atoms with Gasteiger partial charge in [-0.2, -0.15) is 13.2 Å². The van der Waals surface area contributed by atoms with Gasteiger partial charge >= 0.3 is 6.18 Å². The number of rotatable bonds is 3. The minimum atomic E-state index is -4.67. The number of phenols is 1.